The molecule has 7 nitrogen and oxygen atoms in total. The second-order valence-corrected chi connectivity index (χ2v) is 7.95. The number of rotatable bonds is 3. The number of carbonyl (C=O) groups excluding carboxylic acids is 1. The third-order valence-corrected chi connectivity index (χ3v) is 4.63. The van der Waals surface area contributed by atoms with Crippen LogP contribution in [-0.4, -0.2) is 42.9 Å². The Bertz CT molecular complexity index is 914. The predicted octanol–water partition coefficient (Wildman–Crippen LogP) is 3.61. The second-order valence-electron chi connectivity index (χ2n) is 7.95. The number of ether oxygens (including phenoxy) is 2. The SMILES string of the molecule is COc1cc2c(N3CCC[C@H](NC(=O)OC(C)(C)C)C3)nccc2cc1C#N. The summed E-state index contributed by atoms with van der Waals surface area (Å²) in [4.78, 5) is 18.9. The summed E-state index contributed by atoms with van der Waals surface area (Å²) < 4.78 is 10.7. The zero-order chi connectivity index (χ0) is 20.3. The topological polar surface area (TPSA) is 87.5 Å². The minimum atomic E-state index is -0.523. The molecule has 2 heterocycles. The summed E-state index contributed by atoms with van der Waals surface area (Å²) in [5.41, 5.74) is -0.0276. The van der Waals surface area contributed by atoms with E-state index >= 15 is 0 Å². The Hall–Kier alpha value is -3.01. The monoisotopic (exact) mass is 382 g/mol. The van der Waals surface area contributed by atoms with E-state index in [1.165, 1.54) is 0 Å². The van der Waals surface area contributed by atoms with Gasteiger partial charge in [-0.2, -0.15) is 5.26 Å². The van der Waals surface area contributed by atoms with Crippen molar-refractivity contribution in [3.8, 4) is 11.8 Å². The first-order valence-corrected chi connectivity index (χ1v) is 9.42. The normalized spacial score (nSPS) is 17.1. The molecule has 1 aliphatic heterocycles. The number of anilines is 1. The number of hydrogen-bond donors (Lipinski definition) is 1. The molecule has 0 bridgehead atoms. The molecule has 0 spiro atoms. The molecule has 0 unspecified atom stereocenters. The van der Waals surface area contributed by atoms with Gasteiger partial charge < -0.3 is 19.7 Å². The third-order valence-electron chi connectivity index (χ3n) is 4.63. The van der Waals surface area contributed by atoms with Crippen LogP contribution in [0.3, 0.4) is 0 Å². The van der Waals surface area contributed by atoms with E-state index in [1.807, 2.05) is 39.0 Å². The van der Waals surface area contributed by atoms with E-state index in [-0.39, 0.29) is 6.04 Å². The van der Waals surface area contributed by atoms with Crippen LogP contribution in [0.4, 0.5) is 10.6 Å². The minimum Gasteiger partial charge on any atom is -0.495 e. The van der Waals surface area contributed by atoms with Gasteiger partial charge in [-0.25, -0.2) is 9.78 Å². The Morgan fingerprint density at radius 3 is 2.86 bits per heavy atom. The zero-order valence-electron chi connectivity index (χ0n) is 16.8. The molecule has 1 N–H and O–H groups in total. The number of fused-ring (bicyclic) bond motifs is 1. The van der Waals surface area contributed by atoms with Gasteiger partial charge in [0.2, 0.25) is 0 Å². The maximum absolute atomic E-state index is 12.1. The second kappa shape index (κ2) is 7.93. The smallest absolute Gasteiger partial charge is 0.407 e. The fourth-order valence-corrected chi connectivity index (χ4v) is 3.46. The van der Waals surface area contributed by atoms with Crippen LogP contribution in [0, 0.1) is 11.3 Å². The van der Waals surface area contributed by atoms with Crippen LogP contribution in [0.2, 0.25) is 0 Å². The molecule has 0 saturated carbocycles. The summed E-state index contributed by atoms with van der Waals surface area (Å²) in [6, 6.07) is 7.72. The summed E-state index contributed by atoms with van der Waals surface area (Å²) in [6.07, 6.45) is 3.18. The number of alkyl carbamates (subject to hydrolysis) is 1. The lowest BCUT2D eigenvalue weighted by atomic mass is 10.0. The Kier molecular flexibility index (Phi) is 5.59. The number of benzene rings is 1. The number of pyridine rings is 1. The van der Waals surface area contributed by atoms with Gasteiger partial charge in [-0.05, 0) is 57.2 Å². The molecule has 1 atom stereocenters. The van der Waals surface area contributed by atoms with Gasteiger partial charge in [-0.15, -0.1) is 0 Å². The molecule has 1 aromatic heterocycles. The third kappa shape index (κ3) is 4.45. The average molecular weight is 382 g/mol. The number of amides is 1. The van der Waals surface area contributed by atoms with E-state index in [0.29, 0.717) is 17.9 Å². The molecule has 1 amide bonds. The quantitative estimate of drug-likeness (QED) is 0.872. The molecule has 1 saturated heterocycles. The molecule has 7 heteroatoms. The number of methoxy groups -OCH3 is 1. The van der Waals surface area contributed by atoms with Crippen molar-refractivity contribution in [1.29, 1.82) is 5.26 Å². The number of piperidine rings is 1. The van der Waals surface area contributed by atoms with E-state index in [0.717, 1.165) is 36.0 Å². The van der Waals surface area contributed by atoms with Crippen molar-refractivity contribution in [1.82, 2.24) is 10.3 Å². The molecule has 2 aromatic rings. The first-order chi connectivity index (χ1) is 13.3. The average Bonchev–Trinajstić information content (AvgIpc) is 2.64. The molecule has 148 valence electrons. The number of nitrogens with one attached hydrogen (secondary N) is 1. The minimum absolute atomic E-state index is 0.0130. The van der Waals surface area contributed by atoms with Crippen LogP contribution < -0.4 is 15.0 Å². The molecule has 0 aliphatic carbocycles. The van der Waals surface area contributed by atoms with Crippen LogP contribution >= 0.6 is 0 Å². The largest absolute Gasteiger partial charge is 0.495 e. The summed E-state index contributed by atoms with van der Waals surface area (Å²) in [6.45, 7) is 7.04. The number of carbonyl (C=O) groups is 1. The van der Waals surface area contributed by atoms with E-state index in [2.05, 4.69) is 21.3 Å². The Balaban J connectivity index is 1.84. The lowest BCUT2D eigenvalue weighted by Gasteiger charge is -2.35. The van der Waals surface area contributed by atoms with Crippen molar-refractivity contribution < 1.29 is 14.3 Å². The van der Waals surface area contributed by atoms with Crippen LogP contribution in [-0.2, 0) is 4.74 Å². The molecule has 28 heavy (non-hydrogen) atoms. The zero-order valence-corrected chi connectivity index (χ0v) is 16.8. The fraction of sp³-hybridized carbons (Fsp3) is 0.476. The van der Waals surface area contributed by atoms with Crippen LogP contribution in [0.1, 0.15) is 39.2 Å². The van der Waals surface area contributed by atoms with Gasteiger partial charge in [0.15, 0.2) is 0 Å². The summed E-state index contributed by atoms with van der Waals surface area (Å²) >= 11 is 0. The van der Waals surface area contributed by atoms with Crippen molar-refractivity contribution in [3.63, 3.8) is 0 Å². The van der Waals surface area contributed by atoms with Gasteiger partial charge in [0.05, 0.1) is 12.7 Å². The molecule has 1 fully saturated rings. The highest BCUT2D eigenvalue weighted by Crippen LogP contribution is 2.32. The van der Waals surface area contributed by atoms with Crippen molar-refractivity contribution >= 4 is 22.7 Å². The number of aromatic nitrogens is 1. The molecule has 1 aliphatic rings. The van der Waals surface area contributed by atoms with Crippen molar-refractivity contribution in [3.05, 3.63) is 30.0 Å². The summed E-state index contributed by atoms with van der Waals surface area (Å²) in [5.74, 6) is 1.36. The van der Waals surface area contributed by atoms with Gasteiger partial charge >= 0.3 is 6.09 Å². The Labute approximate surface area is 165 Å². The number of nitrogens with zero attached hydrogens (tertiary/aromatic N) is 3. The predicted molar refractivity (Wildman–Crippen MR) is 108 cm³/mol. The summed E-state index contributed by atoms with van der Waals surface area (Å²) in [7, 11) is 1.56. The highest BCUT2D eigenvalue weighted by molar-refractivity contribution is 5.94. The molecular formula is C21H26N4O3. The highest BCUT2D eigenvalue weighted by atomic mass is 16.6. The molecule has 1 aromatic carbocycles. The lowest BCUT2D eigenvalue weighted by Crippen LogP contribution is -2.49. The van der Waals surface area contributed by atoms with Gasteiger partial charge in [0.1, 0.15) is 23.2 Å². The standard InChI is InChI=1S/C21H26N4O3/c1-21(2,3)28-20(26)24-16-6-5-9-25(13-16)19-17-11-18(27-4)15(12-22)10-14(17)7-8-23-19/h7-8,10-11,16H,5-6,9,13H2,1-4H3,(H,24,26)/t16-/m0/s1. The number of hydrogen-bond acceptors (Lipinski definition) is 6. The van der Waals surface area contributed by atoms with Crippen molar-refractivity contribution in [2.24, 2.45) is 0 Å². The van der Waals surface area contributed by atoms with E-state index in [4.69, 9.17) is 9.47 Å². The van der Waals surface area contributed by atoms with Crippen LogP contribution in [0.15, 0.2) is 24.4 Å². The first-order valence-electron chi connectivity index (χ1n) is 9.42. The molecule has 0 radical (unpaired) electrons. The fourth-order valence-electron chi connectivity index (χ4n) is 3.46. The molecular weight excluding hydrogens is 356 g/mol. The van der Waals surface area contributed by atoms with Gasteiger partial charge in [0.25, 0.3) is 0 Å². The summed E-state index contributed by atoms with van der Waals surface area (Å²) in [5, 5.41) is 14.1. The Morgan fingerprint density at radius 1 is 1.39 bits per heavy atom. The Morgan fingerprint density at radius 2 is 2.18 bits per heavy atom. The van der Waals surface area contributed by atoms with E-state index < -0.39 is 11.7 Å². The maximum atomic E-state index is 12.1. The highest BCUT2D eigenvalue weighted by Gasteiger charge is 2.26. The maximum Gasteiger partial charge on any atom is 0.407 e. The van der Waals surface area contributed by atoms with E-state index in [1.54, 1.807) is 13.3 Å². The van der Waals surface area contributed by atoms with Gasteiger partial charge in [-0.1, -0.05) is 0 Å². The van der Waals surface area contributed by atoms with Crippen LogP contribution in [0.25, 0.3) is 10.8 Å². The number of nitriles is 1. The molecule has 3 rings (SSSR count). The van der Waals surface area contributed by atoms with E-state index in [9.17, 15) is 10.1 Å². The van der Waals surface area contributed by atoms with Crippen molar-refractivity contribution in [2.75, 3.05) is 25.1 Å². The van der Waals surface area contributed by atoms with Gasteiger partial charge in [-0.3, -0.25) is 0 Å². The van der Waals surface area contributed by atoms with Gasteiger partial charge in [0, 0.05) is 30.7 Å². The first kappa shape index (κ1) is 19.7. The lowest BCUT2D eigenvalue weighted by molar-refractivity contribution is 0.0500. The van der Waals surface area contributed by atoms with Crippen LogP contribution in [0.5, 0.6) is 5.75 Å². The van der Waals surface area contributed by atoms with Crippen molar-refractivity contribution in [2.45, 2.75) is 45.3 Å².